The topological polar surface area (TPSA) is 43.4 Å². The van der Waals surface area contributed by atoms with Crippen LogP contribution in [0.3, 0.4) is 0 Å². The molecule has 0 bridgehead atoms. The van der Waals surface area contributed by atoms with E-state index in [0.717, 1.165) is 17.1 Å². The number of ether oxygens (including phenoxy) is 1. The minimum atomic E-state index is -2.68. The zero-order valence-corrected chi connectivity index (χ0v) is 14.8. The van der Waals surface area contributed by atoms with Crippen LogP contribution in [-0.2, 0) is 20.5 Å². The van der Waals surface area contributed by atoms with Crippen LogP contribution in [0.25, 0.3) is 0 Å². The number of halogens is 1. The first-order valence-corrected chi connectivity index (χ1v) is 11.8. The third-order valence-electron chi connectivity index (χ3n) is 3.28. The summed E-state index contributed by atoms with van der Waals surface area (Å²) in [6.45, 7) is 5.94. The molecule has 7 heteroatoms. The van der Waals surface area contributed by atoms with Gasteiger partial charge in [-0.05, 0) is 31.0 Å². The monoisotopic (exact) mass is 360 g/mol. The van der Waals surface area contributed by atoms with E-state index in [-0.39, 0.29) is 12.4 Å². The first kappa shape index (κ1) is 17.6. The van der Waals surface area contributed by atoms with Crippen molar-refractivity contribution in [3.63, 3.8) is 0 Å². The molecule has 3 nitrogen and oxygen atoms in total. The second kappa shape index (κ2) is 7.71. The molecule has 0 aliphatic carbocycles. The van der Waals surface area contributed by atoms with Crippen LogP contribution in [0.15, 0.2) is 36.2 Å². The van der Waals surface area contributed by atoms with E-state index in [1.54, 1.807) is 19.1 Å². The Hall–Kier alpha value is -0.710. The van der Waals surface area contributed by atoms with E-state index in [4.69, 9.17) is 4.74 Å². The maximum absolute atomic E-state index is 13.0. The second-order valence-corrected chi connectivity index (χ2v) is 13.0. The average Bonchev–Trinajstić information content (AvgIpc) is 2.94. The molecule has 2 rings (SSSR count). The van der Waals surface area contributed by atoms with Crippen molar-refractivity contribution in [2.75, 3.05) is 18.1 Å². The number of hydrogen-bond acceptors (Lipinski definition) is 5. The highest BCUT2D eigenvalue weighted by Gasteiger charge is 2.39. The third kappa shape index (κ3) is 4.18. The fourth-order valence-corrected chi connectivity index (χ4v) is 11.0. The van der Waals surface area contributed by atoms with E-state index >= 15 is 0 Å². The molecule has 1 aliphatic heterocycles. The summed E-state index contributed by atoms with van der Waals surface area (Å²) >= 11 is 2.76. The molecule has 1 saturated heterocycles. The van der Waals surface area contributed by atoms with Crippen molar-refractivity contribution in [3.05, 3.63) is 47.5 Å². The Bertz CT molecular complexity index is 593. The summed E-state index contributed by atoms with van der Waals surface area (Å²) in [7, 11) is 0. The fourth-order valence-electron chi connectivity index (χ4n) is 2.15. The third-order valence-corrected chi connectivity index (χ3v) is 12.5. The summed E-state index contributed by atoms with van der Waals surface area (Å²) in [5.74, 6) is 0.194. The zero-order valence-electron chi connectivity index (χ0n) is 12.3. The van der Waals surface area contributed by atoms with Crippen molar-refractivity contribution >= 4 is 34.3 Å². The zero-order chi connectivity index (χ0) is 16.2. The number of carbonyl (C=O) groups excluding carboxylic acids is 1. The number of rotatable bonds is 6. The van der Waals surface area contributed by atoms with Gasteiger partial charge in [-0.2, -0.15) is 0 Å². The van der Waals surface area contributed by atoms with E-state index in [1.807, 2.05) is 0 Å². The summed E-state index contributed by atoms with van der Waals surface area (Å²) in [5.41, 5.74) is -1.88. The van der Waals surface area contributed by atoms with Gasteiger partial charge in [-0.3, -0.25) is 9.36 Å². The van der Waals surface area contributed by atoms with Gasteiger partial charge in [-0.1, -0.05) is 41.5 Å². The summed E-state index contributed by atoms with van der Waals surface area (Å²) in [5, 5.41) is 0.447. The Morgan fingerprint density at radius 1 is 1.36 bits per heavy atom. The second-order valence-electron chi connectivity index (χ2n) is 4.79. The van der Waals surface area contributed by atoms with Crippen LogP contribution >= 0.6 is 28.3 Å². The molecule has 1 aromatic carbocycles. The van der Waals surface area contributed by atoms with Crippen molar-refractivity contribution in [2.45, 2.75) is 13.3 Å². The average molecular weight is 360 g/mol. The normalized spacial score (nSPS) is 17.9. The predicted octanol–water partition coefficient (Wildman–Crippen LogP) is 4.73. The van der Waals surface area contributed by atoms with E-state index in [9.17, 15) is 13.8 Å². The molecule has 120 valence electrons. The molecule has 1 aliphatic rings. The number of hydrogen-bond donors (Lipinski definition) is 0. The van der Waals surface area contributed by atoms with Gasteiger partial charge in [0.05, 0.1) is 12.5 Å². The van der Waals surface area contributed by atoms with Gasteiger partial charge >= 0.3 is 5.97 Å². The van der Waals surface area contributed by atoms with E-state index in [2.05, 4.69) is 6.58 Å². The maximum Gasteiger partial charge on any atom is 0.313 e. The quantitative estimate of drug-likeness (QED) is 0.542. The lowest BCUT2D eigenvalue weighted by molar-refractivity contribution is -0.146. The van der Waals surface area contributed by atoms with Crippen LogP contribution in [0.1, 0.15) is 12.5 Å². The van der Waals surface area contributed by atoms with Gasteiger partial charge in [0.1, 0.15) is 5.82 Å². The minimum Gasteiger partial charge on any atom is -0.466 e. The van der Waals surface area contributed by atoms with Crippen molar-refractivity contribution in [2.24, 2.45) is 5.92 Å². The molecule has 1 heterocycles. The van der Waals surface area contributed by atoms with Gasteiger partial charge in [0.25, 0.3) is 0 Å². The van der Waals surface area contributed by atoms with Crippen molar-refractivity contribution in [3.8, 4) is 0 Å². The summed E-state index contributed by atoms with van der Waals surface area (Å²) in [6, 6.07) is 5.95. The van der Waals surface area contributed by atoms with Gasteiger partial charge in [0.2, 0.25) is 5.55 Å². The first-order chi connectivity index (χ1) is 10.5. The van der Waals surface area contributed by atoms with E-state index < -0.39 is 17.4 Å². The SMILES string of the molecule is C=C(C(Cc1ccc(F)cc1)C(=O)OCC)P1(=O)SCCS1. The fraction of sp³-hybridized carbons (Fsp3) is 0.400. The Morgan fingerprint density at radius 3 is 2.50 bits per heavy atom. The molecule has 0 N–H and O–H groups in total. The highest BCUT2D eigenvalue weighted by atomic mass is 33.1. The highest BCUT2D eigenvalue weighted by molar-refractivity contribution is 8.93. The standard InChI is InChI=1S/C15H18FO3PS2/c1-3-19-15(17)14(10-12-4-6-13(16)7-5-12)11(2)20(18)21-8-9-22-20/h4-7,14H,2-3,8-10H2,1H3. The Balaban J connectivity index is 2.22. The summed E-state index contributed by atoms with van der Waals surface area (Å²) in [6.07, 6.45) is 0.322. The molecule has 1 unspecified atom stereocenters. The molecule has 0 aromatic heterocycles. The van der Waals surface area contributed by atoms with Crippen LogP contribution in [-0.4, -0.2) is 24.1 Å². The van der Waals surface area contributed by atoms with Gasteiger partial charge in [-0.15, -0.1) is 0 Å². The Labute approximate surface area is 137 Å². The van der Waals surface area contributed by atoms with E-state index in [1.165, 1.54) is 34.9 Å². The smallest absolute Gasteiger partial charge is 0.313 e. The van der Waals surface area contributed by atoms with Gasteiger partial charge in [0, 0.05) is 16.8 Å². The molecule has 1 fully saturated rings. The van der Waals surface area contributed by atoms with E-state index in [0.29, 0.717) is 11.7 Å². The van der Waals surface area contributed by atoms with Crippen molar-refractivity contribution < 1.29 is 18.5 Å². The van der Waals surface area contributed by atoms with Crippen LogP contribution in [0.5, 0.6) is 0 Å². The van der Waals surface area contributed by atoms with Crippen LogP contribution in [0.2, 0.25) is 0 Å². The molecule has 0 amide bonds. The van der Waals surface area contributed by atoms with Gasteiger partial charge in [0.15, 0.2) is 0 Å². The lowest BCUT2D eigenvalue weighted by Crippen LogP contribution is -2.21. The molecule has 1 aromatic rings. The first-order valence-electron chi connectivity index (χ1n) is 6.96. The van der Waals surface area contributed by atoms with Crippen LogP contribution in [0.4, 0.5) is 4.39 Å². The van der Waals surface area contributed by atoms with Crippen LogP contribution < -0.4 is 0 Å². The lowest BCUT2D eigenvalue weighted by atomic mass is 9.99. The maximum atomic E-state index is 13.0. The minimum absolute atomic E-state index is 0.261. The molecule has 0 saturated carbocycles. The predicted molar refractivity (Wildman–Crippen MR) is 91.9 cm³/mol. The van der Waals surface area contributed by atoms with Crippen LogP contribution in [0, 0.1) is 11.7 Å². The number of benzene rings is 1. The molecule has 1 atom stereocenters. The molecule has 0 spiro atoms. The lowest BCUT2D eigenvalue weighted by Gasteiger charge is -2.21. The van der Waals surface area contributed by atoms with Gasteiger partial charge < -0.3 is 4.74 Å². The Kier molecular flexibility index (Phi) is 6.18. The number of esters is 1. The largest absolute Gasteiger partial charge is 0.466 e. The van der Waals surface area contributed by atoms with Gasteiger partial charge in [-0.25, -0.2) is 4.39 Å². The number of carbonyl (C=O) groups is 1. The molecule has 0 radical (unpaired) electrons. The molecule has 22 heavy (non-hydrogen) atoms. The van der Waals surface area contributed by atoms with Crippen molar-refractivity contribution in [1.29, 1.82) is 0 Å². The molecular formula is C15H18FO3PS2. The summed E-state index contributed by atoms with van der Waals surface area (Å²) < 4.78 is 31.0. The Morgan fingerprint density at radius 2 is 1.95 bits per heavy atom. The molecular weight excluding hydrogens is 342 g/mol. The summed E-state index contributed by atoms with van der Waals surface area (Å²) in [4.78, 5) is 12.3. The highest BCUT2D eigenvalue weighted by Crippen LogP contribution is 2.79. The van der Waals surface area contributed by atoms with Crippen molar-refractivity contribution in [1.82, 2.24) is 0 Å².